The number of aromatic nitrogens is 2. The Morgan fingerprint density at radius 3 is 2.41 bits per heavy atom. The molecule has 0 fully saturated rings. The van der Waals surface area contributed by atoms with E-state index in [9.17, 15) is 9.59 Å². The first-order chi connectivity index (χ1) is 10.5. The van der Waals surface area contributed by atoms with Crippen LogP contribution in [-0.4, -0.2) is 28.4 Å². The fourth-order valence-corrected chi connectivity index (χ4v) is 1.99. The number of nitrogens with one attached hydrogen (secondary N) is 2. The summed E-state index contributed by atoms with van der Waals surface area (Å²) in [6.07, 6.45) is -0.699. The topological polar surface area (TPSA) is 85.3 Å². The first-order valence-corrected chi connectivity index (χ1v) is 6.88. The minimum absolute atomic E-state index is 0.235. The number of hydrogen-bond acceptors (Lipinski definition) is 4. The highest BCUT2D eigenvalue weighted by molar-refractivity contribution is 5.95. The van der Waals surface area contributed by atoms with Gasteiger partial charge >= 0.3 is 6.09 Å². The molecule has 0 saturated heterocycles. The van der Waals surface area contributed by atoms with Gasteiger partial charge < -0.3 is 4.74 Å². The van der Waals surface area contributed by atoms with Gasteiger partial charge in [-0.15, -0.1) is 0 Å². The molecule has 0 atom stereocenters. The van der Waals surface area contributed by atoms with Gasteiger partial charge in [-0.3, -0.25) is 10.2 Å². The van der Waals surface area contributed by atoms with Crippen LogP contribution in [-0.2, 0) is 4.74 Å². The second-order valence-corrected chi connectivity index (χ2v) is 4.69. The molecule has 1 aromatic heterocycles. The highest BCUT2D eigenvalue weighted by Gasteiger charge is 2.09. The average Bonchev–Trinajstić information content (AvgIpc) is 2.84. The summed E-state index contributed by atoms with van der Waals surface area (Å²) in [4.78, 5) is 23.0. The first kappa shape index (κ1) is 15.6. The number of carbonyl (C=O) groups excluding carboxylic acids is 2. The molecular formula is C15H18N4O3. The minimum atomic E-state index is -0.699. The minimum Gasteiger partial charge on any atom is -0.449 e. The Balaban J connectivity index is 2.04. The molecular weight excluding hydrogens is 284 g/mol. The predicted molar refractivity (Wildman–Crippen MR) is 80.7 cm³/mol. The van der Waals surface area contributed by atoms with Crippen molar-refractivity contribution in [1.29, 1.82) is 0 Å². The maximum Gasteiger partial charge on any atom is 0.426 e. The molecule has 0 spiro atoms. The van der Waals surface area contributed by atoms with Gasteiger partial charge in [0, 0.05) is 11.3 Å². The Bertz CT molecular complexity index is 677. The molecule has 0 aliphatic rings. The van der Waals surface area contributed by atoms with E-state index in [1.165, 1.54) is 0 Å². The second kappa shape index (κ2) is 6.75. The SMILES string of the molecule is CCOC(=O)NNC(=O)c1ccc(-n2nc(C)cc2C)cc1. The highest BCUT2D eigenvalue weighted by atomic mass is 16.5. The van der Waals surface area contributed by atoms with Crippen molar-refractivity contribution >= 4 is 12.0 Å². The van der Waals surface area contributed by atoms with Crippen LogP contribution in [0.15, 0.2) is 30.3 Å². The second-order valence-electron chi connectivity index (χ2n) is 4.69. The van der Waals surface area contributed by atoms with Crippen LogP contribution in [0.4, 0.5) is 4.79 Å². The third kappa shape index (κ3) is 3.63. The molecule has 0 bridgehead atoms. The maximum absolute atomic E-state index is 11.9. The molecule has 7 nitrogen and oxygen atoms in total. The number of hydrazine groups is 1. The number of amides is 2. The number of nitrogens with zero attached hydrogens (tertiary/aromatic N) is 2. The Morgan fingerprint density at radius 2 is 1.86 bits per heavy atom. The van der Waals surface area contributed by atoms with E-state index < -0.39 is 12.0 Å². The van der Waals surface area contributed by atoms with Crippen molar-refractivity contribution in [3.8, 4) is 5.69 Å². The van der Waals surface area contributed by atoms with Gasteiger partial charge in [-0.2, -0.15) is 5.10 Å². The van der Waals surface area contributed by atoms with Crippen LogP contribution in [0.25, 0.3) is 5.69 Å². The van der Waals surface area contributed by atoms with Gasteiger partial charge in [-0.1, -0.05) is 0 Å². The molecule has 1 aromatic carbocycles. The standard InChI is InChI=1S/C15H18N4O3/c1-4-22-15(21)17-16-14(20)12-5-7-13(8-6-12)19-11(3)9-10(2)18-19/h5-9H,4H2,1-3H3,(H,16,20)(H,17,21). The van der Waals surface area contributed by atoms with Gasteiger partial charge in [-0.05, 0) is 51.1 Å². The number of carbonyl (C=O) groups is 2. The van der Waals surface area contributed by atoms with Gasteiger partial charge in [-0.25, -0.2) is 14.9 Å². The molecule has 2 amide bonds. The number of hydrogen-bond donors (Lipinski definition) is 2. The van der Waals surface area contributed by atoms with E-state index in [1.54, 1.807) is 35.9 Å². The van der Waals surface area contributed by atoms with E-state index in [4.69, 9.17) is 0 Å². The summed E-state index contributed by atoms with van der Waals surface area (Å²) < 4.78 is 6.44. The van der Waals surface area contributed by atoms with Gasteiger partial charge in [0.2, 0.25) is 0 Å². The molecule has 1 heterocycles. The summed E-state index contributed by atoms with van der Waals surface area (Å²) in [6.45, 7) is 5.80. The molecule has 0 unspecified atom stereocenters. The normalized spacial score (nSPS) is 10.1. The van der Waals surface area contributed by atoms with Crippen molar-refractivity contribution in [3.63, 3.8) is 0 Å². The summed E-state index contributed by atoms with van der Waals surface area (Å²) in [5.74, 6) is -0.423. The Kier molecular flexibility index (Phi) is 4.77. The highest BCUT2D eigenvalue weighted by Crippen LogP contribution is 2.13. The lowest BCUT2D eigenvalue weighted by Crippen LogP contribution is -2.41. The monoisotopic (exact) mass is 302 g/mol. The van der Waals surface area contributed by atoms with E-state index in [1.807, 2.05) is 19.9 Å². The molecule has 22 heavy (non-hydrogen) atoms. The van der Waals surface area contributed by atoms with Gasteiger partial charge in [0.1, 0.15) is 0 Å². The van der Waals surface area contributed by atoms with E-state index in [0.29, 0.717) is 5.56 Å². The molecule has 2 N–H and O–H groups in total. The first-order valence-electron chi connectivity index (χ1n) is 6.88. The van der Waals surface area contributed by atoms with Crippen LogP contribution in [0.2, 0.25) is 0 Å². The number of aryl methyl sites for hydroxylation is 2. The smallest absolute Gasteiger partial charge is 0.426 e. The van der Waals surface area contributed by atoms with Gasteiger partial charge in [0.15, 0.2) is 0 Å². The fraction of sp³-hybridized carbons (Fsp3) is 0.267. The summed E-state index contributed by atoms with van der Waals surface area (Å²) in [7, 11) is 0. The number of rotatable bonds is 3. The predicted octanol–water partition coefficient (Wildman–Crippen LogP) is 1.88. The summed E-state index contributed by atoms with van der Waals surface area (Å²) in [5.41, 5.74) is 7.66. The molecule has 0 aliphatic heterocycles. The Hall–Kier alpha value is -2.83. The summed E-state index contributed by atoms with van der Waals surface area (Å²) in [5, 5.41) is 4.38. The van der Waals surface area contributed by atoms with E-state index >= 15 is 0 Å². The lowest BCUT2D eigenvalue weighted by Gasteiger charge is -2.08. The van der Waals surface area contributed by atoms with Crippen LogP contribution in [0, 0.1) is 13.8 Å². The van der Waals surface area contributed by atoms with Crippen molar-refractivity contribution in [2.45, 2.75) is 20.8 Å². The molecule has 0 radical (unpaired) electrons. The van der Waals surface area contributed by atoms with E-state index in [-0.39, 0.29) is 6.61 Å². The molecule has 2 rings (SSSR count). The van der Waals surface area contributed by atoms with Crippen LogP contribution >= 0.6 is 0 Å². The van der Waals surface area contributed by atoms with E-state index in [2.05, 4.69) is 20.7 Å². The number of ether oxygens (including phenoxy) is 1. The van der Waals surface area contributed by atoms with Crippen molar-refractivity contribution in [2.75, 3.05) is 6.61 Å². The quantitative estimate of drug-likeness (QED) is 0.848. The zero-order valence-electron chi connectivity index (χ0n) is 12.7. The van der Waals surface area contributed by atoms with Crippen molar-refractivity contribution in [2.24, 2.45) is 0 Å². The van der Waals surface area contributed by atoms with Crippen molar-refractivity contribution in [1.82, 2.24) is 20.6 Å². The fourth-order valence-electron chi connectivity index (χ4n) is 1.99. The van der Waals surface area contributed by atoms with Gasteiger partial charge in [0.25, 0.3) is 5.91 Å². The zero-order chi connectivity index (χ0) is 16.1. The molecule has 2 aromatic rings. The van der Waals surface area contributed by atoms with E-state index in [0.717, 1.165) is 17.1 Å². The van der Waals surface area contributed by atoms with Crippen LogP contribution in [0.3, 0.4) is 0 Å². The third-order valence-corrected chi connectivity index (χ3v) is 2.94. The number of benzene rings is 1. The third-order valence-electron chi connectivity index (χ3n) is 2.94. The molecule has 7 heteroatoms. The lowest BCUT2D eigenvalue weighted by atomic mass is 10.2. The molecule has 116 valence electrons. The zero-order valence-corrected chi connectivity index (χ0v) is 12.7. The summed E-state index contributed by atoms with van der Waals surface area (Å²) in [6, 6.07) is 8.88. The Morgan fingerprint density at radius 1 is 1.18 bits per heavy atom. The van der Waals surface area contributed by atoms with Crippen molar-refractivity contribution in [3.05, 3.63) is 47.3 Å². The largest absolute Gasteiger partial charge is 0.449 e. The summed E-state index contributed by atoms with van der Waals surface area (Å²) >= 11 is 0. The molecule has 0 saturated carbocycles. The lowest BCUT2D eigenvalue weighted by molar-refractivity contribution is 0.0912. The van der Waals surface area contributed by atoms with Crippen LogP contribution in [0.1, 0.15) is 28.7 Å². The Labute approximate surface area is 128 Å². The van der Waals surface area contributed by atoms with Crippen LogP contribution < -0.4 is 10.9 Å². The van der Waals surface area contributed by atoms with Crippen LogP contribution in [0.5, 0.6) is 0 Å². The maximum atomic E-state index is 11.9. The van der Waals surface area contributed by atoms with Gasteiger partial charge in [0.05, 0.1) is 18.0 Å². The molecule has 0 aliphatic carbocycles. The average molecular weight is 302 g/mol. The van der Waals surface area contributed by atoms with Crippen molar-refractivity contribution < 1.29 is 14.3 Å².